The first-order valence-electron chi connectivity index (χ1n) is 10.5. The zero-order valence-electron chi connectivity index (χ0n) is 19.2. The SMILES string of the molecule is COc1ccc(C(=O)Nc2nc3ccc(N(C)S(=O)(=O)O)cc3c(NCc3cccs3)c2C#N)cc1. The van der Waals surface area contributed by atoms with Gasteiger partial charge in [-0.2, -0.15) is 13.7 Å². The maximum absolute atomic E-state index is 12.9. The summed E-state index contributed by atoms with van der Waals surface area (Å²) < 4.78 is 38.6. The fraction of sp³-hybridized carbons (Fsp3) is 0.125. The van der Waals surface area contributed by atoms with Crippen LogP contribution in [0.4, 0.5) is 17.2 Å². The molecule has 0 aliphatic heterocycles. The minimum Gasteiger partial charge on any atom is -0.497 e. The molecular weight excluding hydrogens is 502 g/mol. The van der Waals surface area contributed by atoms with Gasteiger partial charge in [0, 0.05) is 29.4 Å². The van der Waals surface area contributed by atoms with Crippen molar-refractivity contribution in [3.63, 3.8) is 0 Å². The number of thiophene rings is 1. The van der Waals surface area contributed by atoms with Gasteiger partial charge < -0.3 is 15.4 Å². The lowest BCUT2D eigenvalue weighted by Gasteiger charge is -2.18. The van der Waals surface area contributed by atoms with Gasteiger partial charge in [0.15, 0.2) is 5.82 Å². The minimum absolute atomic E-state index is 0.0513. The number of ether oxygens (including phenoxy) is 1. The lowest BCUT2D eigenvalue weighted by atomic mass is 10.1. The first-order chi connectivity index (χ1) is 17.2. The van der Waals surface area contributed by atoms with Gasteiger partial charge in [0.05, 0.1) is 24.0 Å². The van der Waals surface area contributed by atoms with E-state index >= 15 is 0 Å². The van der Waals surface area contributed by atoms with E-state index in [4.69, 9.17) is 4.74 Å². The van der Waals surface area contributed by atoms with Crippen molar-refractivity contribution in [2.45, 2.75) is 6.54 Å². The van der Waals surface area contributed by atoms with Crippen LogP contribution in [0.2, 0.25) is 0 Å². The zero-order chi connectivity index (χ0) is 25.9. The third kappa shape index (κ3) is 5.23. The number of rotatable bonds is 8. The number of hydrogen-bond acceptors (Lipinski definition) is 8. The summed E-state index contributed by atoms with van der Waals surface area (Å²) in [7, 11) is -1.77. The highest BCUT2D eigenvalue weighted by Crippen LogP contribution is 2.34. The van der Waals surface area contributed by atoms with Crippen LogP contribution >= 0.6 is 11.3 Å². The number of nitriles is 1. The molecule has 2 heterocycles. The highest BCUT2D eigenvalue weighted by Gasteiger charge is 2.21. The summed E-state index contributed by atoms with van der Waals surface area (Å²) in [4.78, 5) is 18.4. The molecule has 0 saturated carbocycles. The summed E-state index contributed by atoms with van der Waals surface area (Å²) in [6, 6.07) is 16.9. The lowest BCUT2D eigenvalue weighted by molar-refractivity contribution is 0.102. The minimum atomic E-state index is -4.50. The molecule has 0 saturated heterocycles. The van der Waals surface area contributed by atoms with Gasteiger partial charge in [-0.1, -0.05) is 6.07 Å². The molecule has 0 radical (unpaired) electrons. The molecule has 1 amide bonds. The second-order valence-electron chi connectivity index (χ2n) is 7.58. The number of nitrogens with zero attached hydrogens (tertiary/aromatic N) is 3. The molecule has 0 spiro atoms. The summed E-state index contributed by atoms with van der Waals surface area (Å²) in [5.74, 6) is 0.183. The first-order valence-corrected chi connectivity index (χ1v) is 12.8. The summed E-state index contributed by atoms with van der Waals surface area (Å²) >= 11 is 1.53. The van der Waals surface area contributed by atoms with Gasteiger partial charge in [-0.15, -0.1) is 11.3 Å². The fourth-order valence-corrected chi connectivity index (χ4v) is 4.50. The molecule has 0 unspecified atom stereocenters. The van der Waals surface area contributed by atoms with Crippen LogP contribution in [-0.4, -0.2) is 38.0 Å². The van der Waals surface area contributed by atoms with Crippen molar-refractivity contribution < 1.29 is 22.5 Å². The Morgan fingerprint density at radius 2 is 1.97 bits per heavy atom. The molecular formula is C24H21N5O5S2. The van der Waals surface area contributed by atoms with Crippen LogP contribution in [0.15, 0.2) is 60.0 Å². The molecule has 0 aliphatic carbocycles. The highest BCUT2D eigenvalue weighted by molar-refractivity contribution is 7.87. The average molecular weight is 524 g/mol. The van der Waals surface area contributed by atoms with E-state index in [0.29, 0.717) is 38.8 Å². The molecule has 0 bridgehead atoms. The highest BCUT2D eigenvalue weighted by atomic mass is 32.2. The van der Waals surface area contributed by atoms with Gasteiger partial charge in [0.25, 0.3) is 5.91 Å². The number of anilines is 3. The number of pyridine rings is 1. The van der Waals surface area contributed by atoms with Crippen molar-refractivity contribution >= 4 is 55.6 Å². The number of carbonyl (C=O) groups is 1. The van der Waals surface area contributed by atoms with Gasteiger partial charge in [0.2, 0.25) is 0 Å². The molecule has 0 atom stereocenters. The Labute approximate surface area is 211 Å². The molecule has 2 aromatic heterocycles. The molecule has 0 aliphatic rings. The van der Waals surface area contributed by atoms with Crippen molar-refractivity contribution in [3.05, 3.63) is 76.0 Å². The third-order valence-corrected chi connectivity index (χ3v) is 7.17. The van der Waals surface area contributed by atoms with E-state index in [1.807, 2.05) is 17.5 Å². The van der Waals surface area contributed by atoms with Gasteiger partial charge in [-0.3, -0.25) is 13.7 Å². The predicted molar refractivity (Wildman–Crippen MR) is 139 cm³/mol. The molecule has 36 heavy (non-hydrogen) atoms. The van der Waals surface area contributed by atoms with Gasteiger partial charge in [-0.25, -0.2) is 4.98 Å². The Kier molecular flexibility index (Phi) is 7.07. The molecule has 4 aromatic rings. The van der Waals surface area contributed by atoms with Gasteiger partial charge >= 0.3 is 10.3 Å². The Bertz CT molecular complexity index is 1560. The van der Waals surface area contributed by atoms with E-state index < -0.39 is 16.2 Å². The molecule has 12 heteroatoms. The van der Waals surface area contributed by atoms with E-state index in [1.165, 1.54) is 37.6 Å². The Morgan fingerprint density at radius 1 is 1.22 bits per heavy atom. The van der Waals surface area contributed by atoms with Crippen molar-refractivity contribution in [2.24, 2.45) is 0 Å². The number of carbonyl (C=O) groups excluding carboxylic acids is 1. The first kappa shape index (κ1) is 24.9. The van der Waals surface area contributed by atoms with Crippen LogP contribution in [0.25, 0.3) is 10.9 Å². The van der Waals surface area contributed by atoms with Crippen LogP contribution in [0.1, 0.15) is 20.8 Å². The van der Waals surface area contributed by atoms with Crippen molar-refractivity contribution in [1.82, 2.24) is 4.98 Å². The third-order valence-electron chi connectivity index (χ3n) is 5.39. The smallest absolute Gasteiger partial charge is 0.359 e. The number of hydrogen-bond donors (Lipinski definition) is 3. The number of benzene rings is 2. The van der Waals surface area contributed by atoms with Crippen LogP contribution < -0.4 is 19.7 Å². The summed E-state index contributed by atoms with van der Waals surface area (Å²) in [5.41, 5.74) is 1.36. The van der Waals surface area contributed by atoms with Crippen molar-refractivity contribution in [1.29, 1.82) is 5.26 Å². The van der Waals surface area contributed by atoms with Crippen LogP contribution in [-0.2, 0) is 16.8 Å². The molecule has 4 rings (SSSR count). The van der Waals surface area contributed by atoms with E-state index in [0.717, 1.165) is 4.88 Å². The van der Waals surface area contributed by atoms with Crippen LogP contribution in [0.5, 0.6) is 5.75 Å². The maximum Gasteiger partial charge on any atom is 0.359 e. The van der Waals surface area contributed by atoms with E-state index in [1.54, 1.807) is 30.3 Å². The summed E-state index contributed by atoms with van der Waals surface area (Å²) in [6.45, 7) is 0.385. The number of nitrogens with one attached hydrogen (secondary N) is 2. The van der Waals surface area contributed by atoms with E-state index in [2.05, 4.69) is 21.7 Å². The number of amides is 1. The standard InChI is InChI=1S/C24H21N5O5S2/c1-29(36(31,32)33)16-7-10-21-19(12-16)22(26-14-18-4-3-11-35-18)20(13-25)23(27-21)28-24(30)15-5-8-17(34-2)9-6-15/h3-12H,14H2,1-2H3,(H,31,32,33)(H2,26,27,28,30). The molecule has 2 aromatic carbocycles. The Balaban J connectivity index is 1.81. The zero-order valence-corrected chi connectivity index (χ0v) is 20.9. The Hall–Kier alpha value is -4.18. The van der Waals surface area contributed by atoms with Crippen molar-refractivity contribution in [2.75, 3.05) is 29.1 Å². The number of aromatic nitrogens is 1. The second kappa shape index (κ2) is 10.2. The normalized spacial score (nSPS) is 11.1. The van der Waals surface area contributed by atoms with Gasteiger partial charge in [-0.05, 0) is 53.9 Å². The number of fused-ring (bicyclic) bond motifs is 1. The summed E-state index contributed by atoms with van der Waals surface area (Å²) in [6.07, 6.45) is 0. The average Bonchev–Trinajstić information content (AvgIpc) is 3.39. The topological polar surface area (TPSA) is 145 Å². The largest absolute Gasteiger partial charge is 0.497 e. The second-order valence-corrected chi connectivity index (χ2v) is 10.1. The molecule has 3 N–H and O–H groups in total. The quantitative estimate of drug-likeness (QED) is 0.290. The maximum atomic E-state index is 12.9. The molecule has 10 nitrogen and oxygen atoms in total. The van der Waals surface area contributed by atoms with E-state index in [9.17, 15) is 23.0 Å². The molecule has 0 fully saturated rings. The van der Waals surface area contributed by atoms with Crippen LogP contribution in [0, 0.1) is 11.3 Å². The van der Waals surface area contributed by atoms with Crippen LogP contribution in [0.3, 0.4) is 0 Å². The lowest BCUT2D eigenvalue weighted by Crippen LogP contribution is -2.25. The predicted octanol–water partition coefficient (Wildman–Crippen LogP) is 4.28. The van der Waals surface area contributed by atoms with E-state index in [-0.39, 0.29) is 17.1 Å². The van der Waals surface area contributed by atoms with Crippen molar-refractivity contribution in [3.8, 4) is 11.8 Å². The van der Waals surface area contributed by atoms with Gasteiger partial charge in [0.1, 0.15) is 17.4 Å². The Morgan fingerprint density at radius 3 is 2.58 bits per heavy atom. The monoisotopic (exact) mass is 523 g/mol. The molecule has 184 valence electrons. The number of methoxy groups -OCH3 is 1. The summed E-state index contributed by atoms with van der Waals surface area (Å²) in [5, 5.41) is 18.3. The fourth-order valence-electron chi connectivity index (χ4n) is 3.47.